The number of aromatic nitrogens is 3. The van der Waals surface area contributed by atoms with E-state index in [0.717, 1.165) is 22.2 Å². The van der Waals surface area contributed by atoms with Gasteiger partial charge in [-0.3, -0.25) is 9.36 Å². The first-order valence-corrected chi connectivity index (χ1v) is 13.8. The second-order valence-corrected chi connectivity index (χ2v) is 10.1. The number of nitrogens with one attached hydrogen (secondary N) is 1. The summed E-state index contributed by atoms with van der Waals surface area (Å²) in [4.78, 5) is 13.1. The molecular weight excluding hydrogens is 504 g/mol. The molecular formula is C32H30N4O2S. The van der Waals surface area contributed by atoms with Crippen LogP contribution >= 0.6 is 11.8 Å². The number of benzene rings is 4. The van der Waals surface area contributed by atoms with Crippen LogP contribution in [0.2, 0.25) is 0 Å². The molecule has 0 aliphatic rings. The molecule has 0 aliphatic carbocycles. The van der Waals surface area contributed by atoms with Gasteiger partial charge in [-0.05, 0) is 48.7 Å². The molecule has 1 unspecified atom stereocenters. The number of thioether (sulfide) groups is 1. The van der Waals surface area contributed by atoms with Gasteiger partial charge in [-0.25, -0.2) is 0 Å². The van der Waals surface area contributed by atoms with Crippen LogP contribution < -0.4 is 10.1 Å². The minimum Gasteiger partial charge on any atom is -0.484 e. The average Bonchev–Trinajstić information content (AvgIpc) is 3.40. The summed E-state index contributed by atoms with van der Waals surface area (Å²) in [6.45, 7) is 1.97. The van der Waals surface area contributed by atoms with E-state index in [4.69, 9.17) is 4.74 Å². The summed E-state index contributed by atoms with van der Waals surface area (Å²) in [6, 6.07) is 37.6. The van der Waals surface area contributed by atoms with Crippen LogP contribution in [0.25, 0.3) is 5.69 Å². The van der Waals surface area contributed by atoms with Gasteiger partial charge in [0.25, 0.3) is 5.91 Å². The normalized spacial score (nSPS) is 11.6. The van der Waals surface area contributed by atoms with Gasteiger partial charge >= 0.3 is 0 Å². The molecule has 196 valence electrons. The number of amides is 1. The minimum absolute atomic E-state index is 0.0937. The Morgan fingerprint density at radius 3 is 2.10 bits per heavy atom. The molecule has 0 radical (unpaired) electrons. The van der Waals surface area contributed by atoms with Crippen molar-refractivity contribution in [3.05, 3.63) is 138 Å². The highest BCUT2D eigenvalue weighted by Gasteiger charge is 2.25. The lowest BCUT2D eigenvalue weighted by Gasteiger charge is -2.20. The van der Waals surface area contributed by atoms with Crippen LogP contribution in [0.3, 0.4) is 0 Å². The summed E-state index contributed by atoms with van der Waals surface area (Å²) >= 11 is 1.62. The largest absolute Gasteiger partial charge is 0.484 e. The van der Waals surface area contributed by atoms with E-state index < -0.39 is 6.04 Å². The standard InChI is InChI=1S/C32H30N4O2S/c1-24-17-19-27(20-18-24)36-31(34-35-32(36)39-23-26-13-7-3-8-14-26)29(21-25-11-5-2-6-12-25)33-30(37)22-38-28-15-9-4-10-16-28/h2-20,29H,21-23H2,1H3,(H,33,37). The Hall–Kier alpha value is -4.36. The lowest BCUT2D eigenvalue weighted by atomic mass is 10.0. The van der Waals surface area contributed by atoms with Gasteiger partial charge in [-0.1, -0.05) is 108 Å². The van der Waals surface area contributed by atoms with E-state index in [-0.39, 0.29) is 12.5 Å². The number of hydrogen-bond donors (Lipinski definition) is 1. The summed E-state index contributed by atoms with van der Waals surface area (Å²) in [6.07, 6.45) is 0.561. The molecule has 1 aromatic heterocycles. The number of para-hydroxylation sites is 1. The molecule has 0 aliphatic heterocycles. The number of ether oxygens (including phenoxy) is 1. The summed E-state index contributed by atoms with van der Waals surface area (Å²) in [5, 5.41) is 13.2. The Morgan fingerprint density at radius 2 is 1.44 bits per heavy atom. The summed E-state index contributed by atoms with van der Waals surface area (Å²) < 4.78 is 7.77. The molecule has 0 fully saturated rings. The van der Waals surface area contributed by atoms with Crippen LogP contribution in [0.1, 0.15) is 28.6 Å². The van der Waals surface area contributed by atoms with Crippen LogP contribution in [-0.2, 0) is 17.0 Å². The third kappa shape index (κ3) is 7.15. The van der Waals surface area contributed by atoms with Gasteiger partial charge in [0.1, 0.15) is 5.75 Å². The number of nitrogens with zero attached hydrogens (tertiary/aromatic N) is 3. The fourth-order valence-corrected chi connectivity index (χ4v) is 5.13. The Morgan fingerprint density at radius 1 is 0.821 bits per heavy atom. The van der Waals surface area contributed by atoms with Crippen LogP contribution in [0, 0.1) is 6.92 Å². The van der Waals surface area contributed by atoms with E-state index in [1.807, 2.05) is 66.7 Å². The van der Waals surface area contributed by atoms with Crippen molar-refractivity contribution < 1.29 is 9.53 Å². The monoisotopic (exact) mass is 534 g/mol. The van der Waals surface area contributed by atoms with E-state index in [9.17, 15) is 4.79 Å². The molecule has 5 rings (SSSR count). The SMILES string of the molecule is Cc1ccc(-n2c(SCc3ccccc3)nnc2C(Cc2ccccc2)NC(=O)COc2ccccc2)cc1. The number of carbonyl (C=O) groups excluding carboxylic acids is 1. The van der Waals surface area contributed by atoms with Crippen molar-refractivity contribution in [2.75, 3.05) is 6.61 Å². The molecule has 1 amide bonds. The van der Waals surface area contributed by atoms with Crippen molar-refractivity contribution in [1.82, 2.24) is 20.1 Å². The second-order valence-electron chi connectivity index (χ2n) is 9.20. The van der Waals surface area contributed by atoms with Crippen LogP contribution in [0.5, 0.6) is 5.75 Å². The molecule has 4 aromatic carbocycles. The minimum atomic E-state index is -0.417. The maximum atomic E-state index is 13.1. The molecule has 5 aromatic rings. The summed E-state index contributed by atoms with van der Waals surface area (Å²) in [7, 11) is 0. The van der Waals surface area contributed by atoms with Crippen molar-refractivity contribution in [3.8, 4) is 11.4 Å². The zero-order valence-corrected chi connectivity index (χ0v) is 22.6. The molecule has 0 saturated carbocycles. The lowest BCUT2D eigenvalue weighted by molar-refractivity contribution is -0.123. The number of carbonyl (C=O) groups is 1. The van der Waals surface area contributed by atoms with E-state index in [1.165, 1.54) is 11.1 Å². The zero-order chi connectivity index (χ0) is 26.9. The van der Waals surface area contributed by atoms with Gasteiger partial charge in [0.05, 0.1) is 6.04 Å². The third-order valence-electron chi connectivity index (χ3n) is 6.20. The quantitative estimate of drug-likeness (QED) is 0.200. The summed E-state index contributed by atoms with van der Waals surface area (Å²) in [5.41, 5.74) is 4.40. The first-order valence-electron chi connectivity index (χ1n) is 12.9. The van der Waals surface area contributed by atoms with Gasteiger partial charge in [-0.2, -0.15) is 0 Å². The van der Waals surface area contributed by atoms with E-state index in [1.54, 1.807) is 11.8 Å². The number of rotatable bonds is 11. The zero-order valence-electron chi connectivity index (χ0n) is 21.7. The van der Waals surface area contributed by atoms with Crippen molar-refractivity contribution >= 4 is 17.7 Å². The van der Waals surface area contributed by atoms with Crippen molar-refractivity contribution in [3.63, 3.8) is 0 Å². The molecule has 0 bridgehead atoms. The molecule has 1 atom stereocenters. The molecule has 39 heavy (non-hydrogen) atoms. The molecule has 7 heteroatoms. The molecule has 1 N–H and O–H groups in total. The first-order chi connectivity index (χ1) is 19.2. The van der Waals surface area contributed by atoms with Gasteiger partial charge in [0.15, 0.2) is 17.6 Å². The van der Waals surface area contributed by atoms with Crippen molar-refractivity contribution in [2.24, 2.45) is 0 Å². The van der Waals surface area contributed by atoms with E-state index in [0.29, 0.717) is 18.0 Å². The predicted molar refractivity (Wildman–Crippen MR) is 155 cm³/mol. The Kier molecular flexibility index (Phi) is 8.71. The third-order valence-corrected chi connectivity index (χ3v) is 7.20. The van der Waals surface area contributed by atoms with Gasteiger partial charge in [-0.15, -0.1) is 10.2 Å². The second kappa shape index (κ2) is 12.9. The highest BCUT2D eigenvalue weighted by molar-refractivity contribution is 7.98. The maximum Gasteiger partial charge on any atom is 0.258 e. The van der Waals surface area contributed by atoms with E-state index in [2.05, 4.69) is 75.5 Å². The predicted octanol–water partition coefficient (Wildman–Crippen LogP) is 6.35. The molecule has 1 heterocycles. The van der Waals surface area contributed by atoms with Crippen LogP contribution in [-0.4, -0.2) is 27.3 Å². The average molecular weight is 535 g/mol. The Labute approximate surface area is 233 Å². The number of aryl methyl sites for hydroxylation is 1. The summed E-state index contributed by atoms with van der Waals surface area (Å²) in [5.74, 6) is 1.85. The van der Waals surface area contributed by atoms with Gasteiger partial charge in [0, 0.05) is 11.4 Å². The lowest BCUT2D eigenvalue weighted by Crippen LogP contribution is -2.35. The highest BCUT2D eigenvalue weighted by Crippen LogP contribution is 2.29. The topological polar surface area (TPSA) is 69.0 Å². The smallest absolute Gasteiger partial charge is 0.258 e. The maximum absolute atomic E-state index is 13.1. The van der Waals surface area contributed by atoms with Gasteiger partial charge < -0.3 is 10.1 Å². The molecule has 0 saturated heterocycles. The highest BCUT2D eigenvalue weighted by atomic mass is 32.2. The van der Waals surface area contributed by atoms with Crippen molar-refractivity contribution in [2.45, 2.75) is 30.3 Å². The first kappa shape index (κ1) is 26.3. The van der Waals surface area contributed by atoms with Gasteiger partial charge in [0.2, 0.25) is 0 Å². The number of hydrogen-bond acceptors (Lipinski definition) is 5. The molecule has 6 nitrogen and oxygen atoms in total. The molecule has 0 spiro atoms. The van der Waals surface area contributed by atoms with Crippen LogP contribution in [0.4, 0.5) is 0 Å². The van der Waals surface area contributed by atoms with E-state index >= 15 is 0 Å². The Bertz CT molecular complexity index is 1470. The Balaban J connectivity index is 1.45. The fourth-order valence-electron chi connectivity index (χ4n) is 4.22. The van der Waals surface area contributed by atoms with Crippen LogP contribution in [0.15, 0.2) is 120 Å². The fraction of sp³-hybridized carbons (Fsp3) is 0.156. The van der Waals surface area contributed by atoms with Crippen molar-refractivity contribution in [1.29, 1.82) is 0 Å².